The molecular formula is C17H19N3O2S. The molecule has 3 aromatic rings. The molecule has 120 valence electrons. The first-order chi connectivity index (χ1) is 10.9. The molecule has 5 nitrogen and oxygen atoms in total. The minimum Gasteiger partial charge on any atom is -0.468 e. The van der Waals surface area contributed by atoms with Crippen LogP contribution in [0.4, 0.5) is 0 Å². The van der Waals surface area contributed by atoms with E-state index in [0.717, 1.165) is 11.2 Å². The van der Waals surface area contributed by atoms with E-state index in [0.29, 0.717) is 5.16 Å². The second-order valence-electron chi connectivity index (χ2n) is 5.76. The lowest BCUT2D eigenvalue weighted by molar-refractivity contribution is -0.139. The van der Waals surface area contributed by atoms with Gasteiger partial charge >= 0.3 is 5.97 Å². The van der Waals surface area contributed by atoms with E-state index in [-0.39, 0.29) is 11.2 Å². The maximum atomic E-state index is 11.7. The van der Waals surface area contributed by atoms with Crippen LogP contribution in [-0.4, -0.2) is 32.9 Å². The van der Waals surface area contributed by atoms with Gasteiger partial charge in [0.1, 0.15) is 5.25 Å². The van der Waals surface area contributed by atoms with Crippen LogP contribution < -0.4 is 0 Å². The van der Waals surface area contributed by atoms with Gasteiger partial charge in [0, 0.05) is 5.39 Å². The third-order valence-electron chi connectivity index (χ3n) is 3.91. The Labute approximate surface area is 139 Å². The van der Waals surface area contributed by atoms with E-state index in [1.807, 2.05) is 17.4 Å². The van der Waals surface area contributed by atoms with Gasteiger partial charge in [-0.1, -0.05) is 23.4 Å². The fourth-order valence-corrected chi connectivity index (χ4v) is 3.75. The molecule has 0 aliphatic heterocycles. The van der Waals surface area contributed by atoms with Crippen LogP contribution in [0, 0.1) is 20.8 Å². The van der Waals surface area contributed by atoms with Gasteiger partial charge in [0.05, 0.1) is 12.6 Å². The second kappa shape index (κ2) is 5.85. The zero-order valence-corrected chi connectivity index (χ0v) is 14.7. The average molecular weight is 329 g/mol. The van der Waals surface area contributed by atoms with E-state index in [9.17, 15) is 4.79 Å². The quantitative estimate of drug-likeness (QED) is 0.544. The first-order valence-corrected chi connectivity index (χ1v) is 8.30. The molecule has 0 bridgehead atoms. The van der Waals surface area contributed by atoms with Crippen molar-refractivity contribution >= 4 is 34.3 Å². The van der Waals surface area contributed by atoms with Gasteiger partial charge in [-0.05, 0) is 51.0 Å². The fraction of sp³-hybridized carbons (Fsp3) is 0.353. The summed E-state index contributed by atoms with van der Waals surface area (Å²) >= 11 is 1.36. The van der Waals surface area contributed by atoms with Gasteiger partial charge in [-0.3, -0.25) is 9.20 Å². The highest BCUT2D eigenvalue weighted by molar-refractivity contribution is 8.00. The zero-order valence-electron chi connectivity index (χ0n) is 13.9. The molecule has 1 aromatic carbocycles. The minimum absolute atomic E-state index is 0.268. The van der Waals surface area contributed by atoms with Gasteiger partial charge in [-0.2, -0.15) is 0 Å². The molecule has 6 heteroatoms. The van der Waals surface area contributed by atoms with Crippen molar-refractivity contribution in [3.63, 3.8) is 0 Å². The number of hydrogen-bond acceptors (Lipinski definition) is 5. The smallest absolute Gasteiger partial charge is 0.318 e. The summed E-state index contributed by atoms with van der Waals surface area (Å²) in [6.07, 6.45) is 0. The van der Waals surface area contributed by atoms with E-state index in [1.54, 1.807) is 0 Å². The van der Waals surface area contributed by atoms with Gasteiger partial charge in [-0.15, -0.1) is 10.2 Å². The largest absolute Gasteiger partial charge is 0.468 e. The highest BCUT2D eigenvalue weighted by atomic mass is 32.2. The van der Waals surface area contributed by atoms with Crippen molar-refractivity contribution in [1.82, 2.24) is 14.6 Å². The highest BCUT2D eigenvalue weighted by Crippen LogP contribution is 2.30. The van der Waals surface area contributed by atoms with Crippen LogP contribution in [-0.2, 0) is 9.53 Å². The molecule has 1 atom stereocenters. The number of pyridine rings is 1. The Hall–Kier alpha value is -2.08. The van der Waals surface area contributed by atoms with E-state index < -0.39 is 0 Å². The molecule has 3 rings (SSSR count). The molecule has 0 amide bonds. The summed E-state index contributed by atoms with van der Waals surface area (Å²) in [5.41, 5.74) is 5.45. The molecule has 0 unspecified atom stereocenters. The number of rotatable bonds is 3. The van der Waals surface area contributed by atoms with Crippen LogP contribution >= 0.6 is 11.8 Å². The SMILES string of the molecule is COC(=O)[C@H](C)Sc1nnc2cc(C)c3cc(C)cc(C)c3n12. The molecule has 23 heavy (non-hydrogen) atoms. The number of ether oxygens (including phenoxy) is 1. The van der Waals surface area contributed by atoms with Crippen molar-refractivity contribution in [1.29, 1.82) is 0 Å². The number of fused-ring (bicyclic) bond motifs is 3. The maximum Gasteiger partial charge on any atom is 0.318 e. The predicted octanol–water partition coefficient (Wildman–Crippen LogP) is 3.46. The van der Waals surface area contributed by atoms with Crippen LogP contribution in [0.2, 0.25) is 0 Å². The van der Waals surface area contributed by atoms with Crippen molar-refractivity contribution in [2.75, 3.05) is 7.11 Å². The van der Waals surface area contributed by atoms with Crippen molar-refractivity contribution in [3.8, 4) is 0 Å². The van der Waals surface area contributed by atoms with Crippen LogP contribution in [0.25, 0.3) is 16.6 Å². The summed E-state index contributed by atoms with van der Waals surface area (Å²) in [5.74, 6) is -0.268. The summed E-state index contributed by atoms with van der Waals surface area (Å²) in [7, 11) is 1.40. The van der Waals surface area contributed by atoms with Gasteiger partial charge in [0.25, 0.3) is 0 Å². The number of esters is 1. The third kappa shape index (κ3) is 2.67. The monoisotopic (exact) mass is 329 g/mol. The first kappa shape index (κ1) is 15.8. The molecule has 0 N–H and O–H groups in total. The standard InChI is InChI=1S/C17H19N3O2S/c1-9-6-11(3)15-13(7-9)10(2)8-14-18-19-17(20(14)15)23-12(4)16(21)22-5/h6-8,12H,1-5H3/t12-/m0/s1. The van der Waals surface area contributed by atoms with Gasteiger partial charge in [-0.25, -0.2) is 0 Å². The summed E-state index contributed by atoms with van der Waals surface area (Å²) < 4.78 is 6.83. The molecular weight excluding hydrogens is 310 g/mol. The van der Waals surface area contributed by atoms with E-state index >= 15 is 0 Å². The fourth-order valence-electron chi connectivity index (χ4n) is 2.86. The lowest BCUT2D eigenvalue weighted by atomic mass is 10.0. The Kier molecular flexibility index (Phi) is 4.02. The number of hydrogen-bond donors (Lipinski definition) is 0. The normalized spacial score (nSPS) is 12.7. The molecule has 0 fully saturated rings. The number of carbonyl (C=O) groups is 1. The number of aromatic nitrogens is 3. The summed E-state index contributed by atoms with van der Waals surface area (Å²) in [5, 5.41) is 10.1. The number of nitrogens with zero attached hydrogens (tertiary/aromatic N) is 3. The van der Waals surface area contributed by atoms with Crippen molar-refractivity contribution < 1.29 is 9.53 Å². The Morgan fingerprint density at radius 1 is 1.17 bits per heavy atom. The predicted molar refractivity (Wildman–Crippen MR) is 92.0 cm³/mol. The number of thioether (sulfide) groups is 1. The van der Waals surface area contributed by atoms with E-state index in [1.165, 1.54) is 40.9 Å². The topological polar surface area (TPSA) is 56.5 Å². The van der Waals surface area contributed by atoms with Crippen molar-refractivity contribution in [2.45, 2.75) is 38.1 Å². The molecule has 0 saturated heterocycles. The third-order valence-corrected chi connectivity index (χ3v) is 4.93. The Morgan fingerprint density at radius 2 is 1.91 bits per heavy atom. The van der Waals surface area contributed by atoms with Gasteiger partial charge < -0.3 is 4.74 Å². The number of aryl methyl sites for hydroxylation is 3. The zero-order chi connectivity index (χ0) is 16.7. The molecule has 0 saturated carbocycles. The number of carbonyl (C=O) groups excluding carboxylic acids is 1. The van der Waals surface area contributed by atoms with Crippen molar-refractivity contribution in [2.24, 2.45) is 0 Å². The average Bonchev–Trinajstić information content (AvgIpc) is 2.88. The molecule has 0 aliphatic rings. The van der Waals surface area contributed by atoms with Gasteiger partial charge in [0.15, 0.2) is 10.8 Å². The van der Waals surface area contributed by atoms with E-state index in [4.69, 9.17) is 4.74 Å². The lowest BCUT2D eigenvalue weighted by Gasteiger charge is -2.12. The van der Waals surface area contributed by atoms with E-state index in [2.05, 4.69) is 43.1 Å². The molecule has 2 heterocycles. The Bertz CT molecular complexity index is 917. The summed E-state index contributed by atoms with van der Waals surface area (Å²) in [6, 6.07) is 6.36. The molecule has 0 aliphatic carbocycles. The Balaban J connectivity index is 2.26. The van der Waals surface area contributed by atoms with Crippen molar-refractivity contribution in [3.05, 3.63) is 34.9 Å². The molecule has 0 radical (unpaired) electrons. The van der Waals surface area contributed by atoms with Crippen LogP contribution in [0.15, 0.2) is 23.4 Å². The Morgan fingerprint density at radius 3 is 2.61 bits per heavy atom. The number of methoxy groups -OCH3 is 1. The minimum atomic E-state index is -0.338. The van der Waals surface area contributed by atoms with Crippen LogP contribution in [0.3, 0.4) is 0 Å². The number of benzene rings is 1. The summed E-state index contributed by atoms with van der Waals surface area (Å²) in [6.45, 7) is 8.08. The highest BCUT2D eigenvalue weighted by Gasteiger charge is 2.20. The second-order valence-corrected chi connectivity index (χ2v) is 7.07. The summed E-state index contributed by atoms with van der Waals surface area (Å²) in [4.78, 5) is 11.7. The van der Waals surface area contributed by atoms with Gasteiger partial charge in [0.2, 0.25) is 0 Å². The lowest BCUT2D eigenvalue weighted by Crippen LogP contribution is -2.15. The van der Waals surface area contributed by atoms with Crippen LogP contribution in [0.5, 0.6) is 0 Å². The molecule has 2 aromatic heterocycles. The molecule has 0 spiro atoms. The van der Waals surface area contributed by atoms with Crippen LogP contribution in [0.1, 0.15) is 23.6 Å². The maximum absolute atomic E-state index is 11.7. The first-order valence-electron chi connectivity index (χ1n) is 7.42.